The highest BCUT2D eigenvalue weighted by molar-refractivity contribution is 5.37. The molecule has 0 radical (unpaired) electrons. The molecule has 0 spiro atoms. The second kappa shape index (κ2) is 5.28. The predicted octanol–water partition coefficient (Wildman–Crippen LogP) is 4.58. The molecule has 1 N–H and O–H groups in total. The van der Waals surface area contributed by atoms with Gasteiger partial charge < -0.3 is 9.84 Å². The van der Waals surface area contributed by atoms with Crippen LogP contribution in [0.3, 0.4) is 0 Å². The van der Waals surface area contributed by atoms with Crippen LogP contribution in [0.5, 0.6) is 0 Å². The van der Waals surface area contributed by atoms with Crippen molar-refractivity contribution in [2.45, 2.75) is 39.1 Å². The molecule has 1 unspecified atom stereocenters. The van der Waals surface area contributed by atoms with Crippen LogP contribution >= 0.6 is 0 Å². The first-order valence-electron chi connectivity index (χ1n) is 7.46. The van der Waals surface area contributed by atoms with E-state index in [1.807, 2.05) is 42.5 Å². The quantitative estimate of drug-likeness (QED) is 0.873. The molecule has 110 valence electrons. The molecule has 1 aliphatic heterocycles. The Kier molecular flexibility index (Phi) is 3.60. The summed E-state index contributed by atoms with van der Waals surface area (Å²) in [5, 5.41) is 10.7. The van der Waals surface area contributed by atoms with Gasteiger partial charge in [0.15, 0.2) is 0 Å². The van der Waals surface area contributed by atoms with Crippen LogP contribution < -0.4 is 0 Å². The van der Waals surface area contributed by atoms with Crippen LogP contribution in [0.2, 0.25) is 0 Å². The van der Waals surface area contributed by atoms with Crippen molar-refractivity contribution >= 4 is 0 Å². The molecular weight excluding hydrogens is 260 g/mol. The number of fused-ring (bicyclic) bond motifs is 1. The number of ether oxygens (including phenoxy) is 1. The van der Waals surface area contributed by atoms with Gasteiger partial charge >= 0.3 is 0 Å². The Hall–Kier alpha value is -1.64. The Morgan fingerprint density at radius 1 is 0.905 bits per heavy atom. The zero-order chi connectivity index (χ0) is 15.0. The minimum absolute atomic E-state index is 0.00125. The van der Waals surface area contributed by atoms with Crippen molar-refractivity contribution in [1.82, 2.24) is 0 Å². The van der Waals surface area contributed by atoms with E-state index < -0.39 is 6.10 Å². The smallest absolute Gasteiger partial charge is 0.114 e. The molecule has 2 heteroatoms. The monoisotopic (exact) mass is 282 g/mol. The van der Waals surface area contributed by atoms with Crippen molar-refractivity contribution in [3.05, 3.63) is 71.3 Å². The number of rotatable bonds is 2. The van der Waals surface area contributed by atoms with Crippen molar-refractivity contribution in [1.29, 1.82) is 0 Å². The van der Waals surface area contributed by atoms with Crippen molar-refractivity contribution in [2.24, 2.45) is 5.41 Å². The summed E-state index contributed by atoms with van der Waals surface area (Å²) < 4.78 is 6.26. The molecular formula is C19H22O2. The van der Waals surface area contributed by atoms with Crippen molar-refractivity contribution in [3.63, 3.8) is 0 Å². The fourth-order valence-electron chi connectivity index (χ4n) is 3.04. The van der Waals surface area contributed by atoms with Crippen LogP contribution in [0.4, 0.5) is 0 Å². The van der Waals surface area contributed by atoms with Gasteiger partial charge in [-0.2, -0.15) is 0 Å². The van der Waals surface area contributed by atoms with Crippen LogP contribution in [-0.4, -0.2) is 5.11 Å². The summed E-state index contributed by atoms with van der Waals surface area (Å²) in [4.78, 5) is 0. The molecule has 0 saturated heterocycles. The second-order valence-electron chi connectivity index (χ2n) is 6.79. The van der Waals surface area contributed by atoms with Crippen molar-refractivity contribution in [2.75, 3.05) is 0 Å². The van der Waals surface area contributed by atoms with Gasteiger partial charge in [0.25, 0.3) is 0 Å². The lowest BCUT2D eigenvalue weighted by Gasteiger charge is -2.28. The molecule has 2 aromatic carbocycles. The van der Waals surface area contributed by atoms with Crippen molar-refractivity contribution < 1.29 is 9.84 Å². The number of benzene rings is 2. The molecule has 0 amide bonds. The number of aliphatic hydroxyl groups excluding tert-OH is 1. The fourth-order valence-corrected chi connectivity index (χ4v) is 3.04. The lowest BCUT2D eigenvalue weighted by atomic mass is 9.84. The molecule has 2 nitrogen and oxygen atoms in total. The standard InChI is InChI=1S/C19H22O2/c1-19(2,3)18-15-12-8-7-11-14(15)17(21-18)16(20)13-9-5-4-6-10-13/h4-12,16-18,20H,1-3H3/t16-,17-,18?/m0/s1. The van der Waals surface area contributed by atoms with E-state index in [-0.39, 0.29) is 17.6 Å². The molecule has 0 fully saturated rings. The van der Waals surface area contributed by atoms with Gasteiger partial charge in [0.05, 0.1) is 6.10 Å². The summed E-state index contributed by atoms with van der Waals surface area (Å²) in [6, 6.07) is 18.0. The van der Waals surface area contributed by atoms with E-state index in [2.05, 4.69) is 32.9 Å². The Bertz CT molecular complexity index is 613. The molecule has 1 aliphatic rings. The van der Waals surface area contributed by atoms with Gasteiger partial charge in [0.2, 0.25) is 0 Å². The topological polar surface area (TPSA) is 29.5 Å². The van der Waals surface area contributed by atoms with E-state index in [0.29, 0.717) is 0 Å². The largest absolute Gasteiger partial charge is 0.385 e. The summed E-state index contributed by atoms with van der Waals surface area (Å²) >= 11 is 0. The first kappa shape index (κ1) is 14.3. The zero-order valence-electron chi connectivity index (χ0n) is 12.8. The Morgan fingerprint density at radius 2 is 1.48 bits per heavy atom. The first-order chi connectivity index (χ1) is 9.98. The van der Waals surface area contributed by atoms with E-state index in [9.17, 15) is 5.11 Å². The van der Waals surface area contributed by atoms with Gasteiger partial charge in [-0.3, -0.25) is 0 Å². The average molecular weight is 282 g/mol. The van der Waals surface area contributed by atoms with E-state index in [1.54, 1.807) is 0 Å². The third-order valence-corrected chi connectivity index (χ3v) is 4.08. The Balaban J connectivity index is 1.99. The zero-order valence-corrected chi connectivity index (χ0v) is 12.8. The number of hydrogen-bond donors (Lipinski definition) is 1. The van der Waals surface area contributed by atoms with Crippen molar-refractivity contribution in [3.8, 4) is 0 Å². The molecule has 0 aromatic heterocycles. The molecule has 0 saturated carbocycles. The third kappa shape index (κ3) is 2.61. The maximum absolute atomic E-state index is 10.7. The highest BCUT2D eigenvalue weighted by Crippen LogP contribution is 2.51. The van der Waals surface area contributed by atoms with Gasteiger partial charge in [-0.05, 0) is 22.1 Å². The number of aliphatic hydroxyl groups is 1. The van der Waals surface area contributed by atoms with Gasteiger partial charge in [0, 0.05) is 0 Å². The molecule has 21 heavy (non-hydrogen) atoms. The summed E-state index contributed by atoms with van der Waals surface area (Å²) in [5.41, 5.74) is 3.20. The summed E-state index contributed by atoms with van der Waals surface area (Å²) in [5.74, 6) is 0. The fraction of sp³-hybridized carbons (Fsp3) is 0.368. The molecule has 0 bridgehead atoms. The first-order valence-corrected chi connectivity index (χ1v) is 7.46. The minimum Gasteiger partial charge on any atom is -0.385 e. The SMILES string of the molecule is CC(C)(C)C1O[C@H]([C@@H](O)c2ccccc2)c2ccccc21. The van der Waals surface area contributed by atoms with Gasteiger partial charge in [0.1, 0.15) is 12.2 Å². The van der Waals surface area contributed by atoms with Crippen LogP contribution in [0.15, 0.2) is 54.6 Å². The molecule has 0 aliphatic carbocycles. The van der Waals surface area contributed by atoms with E-state index in [4.69, 9.17) is 4.74 Å². The summed E-state index contributed by atoms with van der Waals surface area (Å²) in [7, 11) is 0. The van der Waals surface area contributed by atoms with Crippen LogP contribution in [0.25, 0.3) is 0 Å². The lowest BCUT2D eigenvalue weighted by Crippen LogP contribution is -2.19. The number of hydrogen-bond acceptors (Lipinski definition) is 2. The minimum atomic E-state index is -0.639. The average Bonchev–Trinajstić information content (AvgIpc) is 2.87. The maximum Gasteiger partial charge on any atom is 0.114 e. The van der Waals surface area contributed by atoms with Gasteiger partial charge in [-0.15, -0.1) is 0 Å². The Morgan fingerprint density at radius 3 is 2.10 bits per heavy atom. The van der Waals surface area contributed by atoms with Crippen LogP contribution in [0.1, 0.15) is 55.8 Å². The van der Waals surface area contributed by atoms with E-state index in [1.165, 1.54) is 5.56 Å². The highest BCUT2D eigenvalue weighted by atomic mass is 16.5. The Labute approximate surface area is 126 Å². The van der Waals surface area contributed by atoms with Crippen LogP contribution in [0, 0.1) is 5.41 Å². The van der Waals surface area contributed by atoms with E-state index >= 15 is 0 Å². The van der Waals surface area contributed by atoms with Gasteiger partial charge in [-0.25, -0.2) is 0 Å². The molecule has 1 heterocycles. The maximum atomic E-state index is 10.7. The molecule has 3 atom stereocenters. The predicted molar refractivity (Wildman–Crippen MR) is 83.9 cm³/mol. The summed E-state index contributed by atoms with van der Waals surface area (Å²) in [6.45, 7) is 6.52. The van der Waals surface area contributed by atoms with Gasteiger partial charge in [-0.1, -0.05) is 75.4 Å². The van der Waals surface area contributed by atoms with Crippen LogP contribution in [-0.2, 0) is 4.74 Å². The highest BCUT2D eigenvalue weighted by Gasteiger charge is 2.41. The van der Waals surface area contributed by atoms with E-state index in [0.717, 1.165) is 11.1 Å². The second-order valence-corrected chi connectivity index (χ2v) is 6.79. The third-order valence-electron chi connectivity index (χ3n) is 4.08. The lowest BCUT2D eigenvalue weighted by molar-refractivity contribution is -0.0973. The molecule has 3 rings (SSSR count). The normalized spacial score (nSPS) is 22.9. The summed E-state index contributed by atoms with van der Waals surface area (Å²) in [6.07, 6.45) is -0.926. The molecule has 2 aromatic rings.